The second-order valence-electron chi connectivity index (χ2n) is 4.43. The van der Waals surface area contributed by atoms with Crippen LogP contribution in [-0.2, 0) is 9.47 Å². The second-order valence-corrected chi connectivity index (χ2v) is 4.43. The molecule has 1 aromatic rings. The van der Waals surface area contributed by atoms with Crippen molar-refractivity contribution in [1.82, 2.24) is 0 Å². The van der Waals surface area contributed by atoms with Gasteiger partial charge >= 0.3 is 5.97 Å². The summed E-state index contributed by atoms with van der Waals surface area (Å²) in [6.45, 7) is 3.71. The molecule has 0 spiro atoms. The maximum Gasteiger partial charge on any atom is 0.338 e. The Balaban J connectivity index is 2.17. The number of hydrogen-bond acceptors (Lipinski definition) is 6. The average molecular weight is 275 g/mol. The molecule has 6 nitrogen and oxygen atoms in total. The first-order valence-electron chi connectivity index (χ1n) is 6.48. The molecule has 2 N–H and O–H groups in total. The molecule has 106 valence electrons. The molecule has 0 aromatic heterocycles. The number of anilines is 2. The highest BCUT2D eigenvalue weighted by atomic mass is 16.5. The number of carbonyl (C=O) groups excluding carboxylic acids is 1. The highest BCUT2D eigenvalue weighted by Gasteiger charge is 2.22. The number of nitrogens with two attached hydrogens (primary N) is 1. The molecule has 1 saturated heterocycles. The lowest BCUT2D eigenvalue weighted by atomic mass is 10.1. The van der Waals surface area contributed by atoms with Crippen LogP contribution in [0.3, 0.4) is 0 Å². The predicted molar refractivity (Wildman–Crippen MR) is 74.4 cm³/mol. The van der Waals surface area contributed by atoms with Gasteiger partial charge in [0.2, 0.25) is 0 Å². The molecule has 2 rings (SSSR count). The van der Waals surface area contributed by atoms with Crippen LogP contribution in [0.5, 0.6) is 0 Å². The van der Waals surface area contributed by atoms with Crippen molar-refractivity contribution in [3.05, 3.63) is 23.8 Å². The fourth-order valence-electron chi connectivity index (χ4n) is 2.13. The predicted octanol–water partition coefficient (Wildman–Crippen LogP) is 1.17. The molecule has 0 aliphatic carbocycles. The number of nitriles is 1. The lowest BCUT2D eigenvalue weighted by Crippen LogP contribution is -2.42. The van der Waals surface area contributed by atoms with Gasteiger partial charge < -0.3 is 20.1 Å². The minimum atomic E-state index is -0.451. The highest BCUT2D eigenvalue weighted by Crippen LogP contribution is 2.26. The van der Waals surface area contributed by atoms with Crippen LogP contribution in [0, 0.1) is 11.3 Å². The maximum absolute atomic E-state index is 11.6. The number of nitrogen functional groups attached to an aromatic ring is 1. The summed E-state index contributed by atoms with van der Waals surface area (Å²) in [6.07, 6.45) is -0.451. The molecule has 1 aliphatic heterocycles. The van der Waals surface area contributed by atoms with Gasteiger partial charge in [0.1, 0.15) is 0 Å². The van der Waals surface area contributed by atoms with E-state index in [-0.39, 0.29) is 5.97 Å². The lowest BCUT2D eigenvalue weighted by Gasteiger charge is -2.32. The fourth-order valence-corrected chi connectivity index (χ4v) is 2.13. The highest BCUT2D eigenvalue weighted by molar-refractivity contribution is 5.92. The van der Waals surface area contributed by atoms with E-state index >= 15 is 0 Å². The molecule has 20 heavy (non-hydrogen) atoms. The number of carbonyl (C=O) groups is 1. The number of nitrogens with zero attached hydrogens (tertiary/aromatic N) is 2. The first-order valence-corrected chi connectivity index (χ1v) is 6.48. The number of esters is 1. The van der Waals surface area contributed by atoms with E-state index in [2.05, 4.69) is 6.07 Å². The van der Waals surface area contributed by atoms with E-state index < -0.39 is 6.10 Å². The van der Waals surface area contributed by atoms with E-state index in [1.54, 1.807) is 25.1 Å². The number of ether oxygens (including phenoxy) is 2. The molecule has 1 heterocycles. The van der Waals surface area contributed by atoms with Crippen molar-refractivity contribution in [3.63, 3.8) is 0 Å². The van der Waals surface area contributed by atoms with Crippen LogP contribution in [0.25, 0.3) is 0 Å². The summed E-state index contributed by atoms with van der Waals surface area (Å²) < 4.78 is 10.2. The number of rotatable bonds is 3. The third-order valence-corrected chi connectivity index (χ3v) is 3.09. The summed E-state index contributed by atoms with van der Waals surface area (Å²) in [6, 6.07) is 7.15. The van der Waals surface area contributed by atoms with Crippen LogP contribution in [-0.4, -0.2) is 38.4 Å². The molecular weight excluding hydrogens is 258 g/mol. The van der Waals surface area contributed by atoms with E-state index in [1.165, 1.54) is 0 Å². The molecular formula is C14H17N3O3. The molecule has 1 aromatic carbocycles. The van der Waals surface area contributed by atoms with Crippen molar-refractivity contribution in [2.24, 2.45) is 0 Å². The van der Waals surface area contributed by atoms with Crippen molar-refractivity contribution in [2.45, 2.75) is 13.0 Å². The van der Waals surface area contributed by atoms with Gasteiger partial charge in [-0.1, -0.05) is 0 Å². The fraction of sp³-hybridized carbons (Fsp3) is 0.429. The van der Waals surface area contributed by atoms with Crippen LogP contribution in [0.4, 0.5) is 11.4 Å². The average Bonchev–Trinajstić information content (AvgIpc) is 2.47. The monoisotopic (exact) mass is 275 g/mol. The lowest BCUT2D eigenvalue weighted by molar-refractivity contribution is 0.0526. The summed E-state index contributed by atoms with van der Waals surface area (Å²) >= 11 is 0. The molecule has 6 heteroatoms. The third kappa shape index (κ3) is 3.00. The quantitative estimate of drug-likeness (QED) is 0.658. The molecule has 1 fully saturated rings. The van der Waals surface area contributed by atoms with Crippen LogP contribution >= 0.6 is 0 Å². The van der Waals surface area contributed by atoms with Gasteiger partial charge in [0.15, 0.2) is 6.10 Å². The van der Waals surface area contributed by atoms with Gasteiger partial charge in [-0.3, -0.25) is 0 Å². The minimum absolute atomic E-state index is 0.327. The zero-order chi connectivity index (χ0) is 14.5. The third-order valence-electron chi connectivity index (χ3n) is 3.09. The Labute approximate surface area is 117 Å². The van der Waals surface area contributed by atoms with Gasteiger partial charge in [0.05, 0.1) is 42.8 Å². The Morgan fingerprint density at radius 1 is 1.65 bits per heavy atom. The zero-order valence-electron chi connectivity index (χ0n) is 11.3. The van der Waals surface area contributed by atoms with Gasteiger partial charge in [-0.2, -0.15) is 5.26 Å². The number of hydrogen-bond donors (Lipinski definition) is 1. The number of benzene rings is 1. The Morgan fingerprint density at radius 2 is 2.45 bits per heavy atom. The topological polar surface area (TPSA) is 88.6 Å². The summed E-state index contributed by atoms with van der Waals surface area (Å²) in [4.78, 5) is 13.6. The first kappa shape index (κ1) is 14.2. The van der Waals surface area contributed by atoms with Gasteiger partial charge in [0.25, 0.3) is 0 Å². The van der Waals surface area contributed by atoms with Crippen molar-refractivity contribution < 1.29 is 14.3 Å². The smallest absolute Gasteiger partial charge is 0.338 e. The Bertz CT molecular complexity index is 539. The Hall–Kier alpha value is -2.26. The molecule has 1 aliphatic rings. The molecule has 0 amide bonds. The van der Waals surface area contributed by atoms with Crippen LogP contribution in [0.15, 0.2) is 18.2 Å². The van der Waals surface area contributed by atoms with Gasteiger partial charge in [-0.25, -0.2) is 4.79 Å². The van der Waals surface area contributed by atoms with E-state index in [9.17, 15) is 4.79 Å². The van der Waals surface area contributed by atoms with E-state index in [1.807, 2.05) is 4.90 Å². The van der Waals surface area contributed by atoms with E-state index in [0.717, 1.165) is 5.69 Å². The van der Waals surface area contributed by atoms with Crippen LogP contribution in [0.2, 0.25) is 0 Å². The summed E-state index contributed by atoms with van der Waals surface area (Å²) in [7, 11) is 0. The van der Waals surface area contributed by atoms with Crippen molar-refractivity contribution in [1.29, 1.82) is 5.26 Å². The van der Waals surface area contributed by atoms with E-state index in [0.29, 0.717) is 37.6 Å². The summed E-state index contributed by atoms with van der Waals surface area (Å²) in [5, 5.41) is 8.91. The van der Waals surface area contributed by atoms with Crippen molar-refractivity contribution in [2.75, 3.05) is 36.9 Å². The second kappa shape index (κ2) is 6.26. The summed E-state index contributed by atoms with van der Waals surface area (Å²) in [5.41, 5.74) is 7.73. The Morgan fingerprint density at radius 3 is 3.10 bits per heavy atom. The minimum Gasteiger partial charge on any atom is -0.462 e. The van der Waals surface area contributed by atoms with Crippen molar-refractivity contribution in [3.8, 4) is 6.07 Å². The first-order chi connectivity index (χ1) is 9.65. The molecule has 1 unspecified atom stereocenters. The van der Waals surface area contributed by atoms with Crippen LogP contribution < -0.4 is 10.6 Å². The van der Waals surface area contributed by atoms with Gasteiger partial charge in [-0.15, -0.1) is 0 Å². The van der Waals surface area contributed by atoms with Gasteiger partial charge in [0, 0.05) is 6.54 Å². The summed E-state index contributed by atoms with van der Waals surface area (Å²) in [5.74, 6) is -0.386. The molecule has 1 atom stereocenters. The molecule has 0 radical (unpaired) electrons. The normalized spacial score (nSPS) is 18.4. The maximum atomic E-state index is 11.6. The standard InChI is InChI=1S/C14H17N3O3/c1-2-19-14(18)10-3-4-13(12(16)7-10)17-5-6-20-11(8-15)9-17/h3-4,7,11H,2,5-6,9,16H2,1H3. The van der Waals surface area contributed by atoms with Gasteiger partial charge in [-0.05, 0) is 25.1 Å². The van der Waals surface area contributed by atoms with Crippen molar-refractivity contribution >= 4 is 17.3 Å². The number of morpholine rings is 1. The SMILES string of the molecule is CCOC(=O)c1ccc(N2CCOC(C#N)C2)c(N)c1. The zero-order valence-corrected chi connectivity index (χ0v) is 11.3. The molecule has 0 bridgehead atoms. The van der Waals surface area contributed by atoms with E-state index in [4.69, 9.17) is 20.5 Å². The van der Waals surface area contributed by atoms with Crippen LogP contribution in [0.1, 0.15) is 17.3 Å². The molecule has 0 saturated carbocycles. The largest absolute Gasteiger partial charge is 0.462 e. The Kier molecular flexibility index (Phi) is 4.43.